The van der Waals surface area contributed by atoms with Crippen LogP contribution < -0.4 is 15.8 Å². The number of aryl methyl sites for hydroxylation is 2. The average molecular weight is 425 g/mol. The van der Waals surface area contributed by atoms with Crippen LogP contribution in [0.5, 0.6) is 5.75 Å². The summed E-state index contributed by atoms with van der Waals surface area (Å²) in [5, 5.41) is 3.12. The zero-order chi connectivity index (χ0) is 15.9. The number of aliphatic imine (C=N–C) groups is 1. The van der Waals surface area contributed by atoms with Gasteiger partial charge in [-0.1, -0.05) is 18.2 Å². The molecule has 0 amide bonds. The Morgan fingerprint density at radius 2 is 1.91 bits per heavy atom. The smallest absolute Gasteiger partial charge is 0.193 e. The van der Waals surface area contributed by atoms with E-state index in [-0.39, 0.29) is 24.0 Å². The Labute approximate surface area is 155 Å². The summed E-state index contributed by atoms with van der Waals surface area (Å²) in [6.45, 7) is 4.80. The summed E-state index contributed by atoms with van der Waals surface area (Å²) in [6.07, 6.45) is 0.826. The van der Waals surface area contributed by atoms with Gasteiger partial charge in [-0.3, -0.25) is 4.99 Å². The van der Waals surface area contributed by atoms with Gasteiger partial charge in [0.2, 0.25) is 0 Å². The van der Waals surface area contributed by atoms with E-state index in [1.807, 2.05) is 24.3 Å². The van der Waals surface area contributed by atoms with E-state index < -0.39 is 0 Å². The van der Waals surface area contributed by atoms with E-state index >= 15 is 0 Å². The molecule has 2 rings (SSSR count). The number of guanidine groups is 1. The first kappa shape index (κ1) is 19.3. The van der Waals surface area contributed by atoms with Gasteiger partial charge in [0.1, 0.15) is 5.75 Å². The Hall–Kier alpha value is -1.76. The first-order valence-electron chi connectivity index (χ1n) is 7.35. The molecule has 0 saturated heterocycles. The maximum atomic E-state index is 5.93. The van der Waals surface area contributed by atoms with Gasteiger partial charge in [0.15, 0.2) is 5.96 Å². The predicted octanol–water partition coefficient (Wildman–Crippen LogP) is 3.90. The minimum atomic E-state index is 0. The molecule has 0 saturated carbocycles. The molecule has 2 aromatic rings. The van der Waals surface area contributed by atoms with Gasteiger partial charge < -0.3 is 15.8 Å². The zero-order valence-electron chi connectivity index (χ0n) is 13.8. The van der Waals surface area contributed by atoms with Crippen LogP contribution in [0.1, 0.15) is 16.7 Å². The Morgan fingerprint density at radius 3 is 2.61 bits per heavy atom. The highest BCUT2D eigenvalue weighted by molar-refractivity contribution is 14.0. The average Bonchev–Trinajstić information content (AvgIpc) is 2.51. The second-order valence-corrected chi connectivity index (χ2v) is 5.29. The number of halogens is 1. The van der Waals surface area contributed by atoms with Crippen LogP contribution >= 0.6 is 24.0 Å². The molecule has 0 fully saturated rings. The van der Waals surface area contributed by atoms with Crippen LogP contribution in [-0.4, -0.2) is 19.6 Å². The Bertz CT molecular complexity index is 671. The Balaban J connectivity index is 0.00000264. The fourth-order valence-corrected chi connectivity index (χ4v) is 2.14. The van der Waals surface area contributed by atoms with E-state index in [0.29, 0.717) is 12.5 Å². The van der Waals surface area contributed by atoms with Crippen LogP contribution in [0.25, 0.3) is 0 Å². The molecule has 0 aromatic heterocycles. The van der Waals surface area contributed by atoms with Gasteiger partial charge >= 0.3 is 0 Å². The van der Waals surface area contributed by atoms with Gasteiger partial charge in [-0.25, -0.2) is 0 Å². The second kappa shape index (κ2) is 9.39. The maximum Gasteiger partial charge on any atom is 0.193 e. The highest BCUT2D eigenvalue weighted by atomic mass is 127. The van der Waals surface area contributed by atoms with Gasteiger partial charge in [0, 0.05) is 12.2 Å². The number of rotatable bonds is 5. The summed E-state index contributed by atoms with van der Waals surface area (Å²) in [5.41, 5.74) is 10.6. The molecule has 0 aliphatic carbocycles. The quantitative estimate of drug-likeness (QED) is 0.434. The largest absolute Gasteiger partial charge is 0.497 e. The zero-order valence-corrected chi connectivity index (χ0v) is 16.1. The van der Waals surface area contributed by atoms with Crippen LogP contribution in [0.15, 0.2) is 47.5 Å². The monoisotopic (exact) mass is 425 g/mol. The molecule has 0 spiro atoms. The molecule has 0 heterocycles. The molecule has 23 heavy (non-hydrogen) atoms. The van der Waals surface area contributed by atoms with Crippen LogP contribution in [-0.2, 0) is 6.42 Å². The highest BCUT2D eigenvalue weighted by Crippen LogP contribution is 2.14. The number of methoxy groups -OCH3 is 1. The number of nitrogens with two attached hydrogens (primary N) is 1. The molecule has 0 unspecified atom stereocenters. The molecule has 0 atom stereocenters. The van der Waals surface area contributed by atoms with Gasteiger partial charge in [0.05, 0.1) is 7.11 Å². The third-order valence-electron chi connectivity index (χ3n) is 3.60. The van der Waals surface area contributed by atoms with E-state index in [1.165, 1.54) is 16.7 Å². The number of ether oxygens (including phenoxy) is 1. The van der Waals surface area contributed by atoms with E-state index in [9.17, 15) is 0 Å². The molecule has 0 aliphatic rings. The number of nitrogens with one attached hydrogen (secondary N) is 1. The topological polar surface area (TPSA) is 59.6 Å². The molecule has 4 nitrogen and oxygen atoms in total. The summed E-state index contributed by atoms with van der Waals surface area (Å²) >= 11 is 0. The Kier molecular flexibility index (Phi) is 7.88. The van der Waals surface area contributed by atoms with Crippen molar-refractivity contribution in [3.05, 3.63) is 59.2 Å². The molecule has 3 N–H and O–H groups in total. The van der Waals surface area contributed by atoms with Crippen LogP contribution in [0.3, 0.4) is 0 Å². The van der Waals surface area contributed by atoms with Crippen LogP contribution in [0, 0.1) is 13.8 Å². The fourth-order valence-electron chi connectivity index (χ4n) is 2.14. The highest BCUT2D eigenvalue weighted by Gasteiger charge is 1.99. The minimum absolute atomic E-state index is 0. The van der Waals surface area contributed by atoms with Crippen LogP contribution in [0.4, 0.5) is 5.69 Å². The third kappa shape index (κ3) is 6.09. The molecule has 0 bridgehead atoms. The van der Waals surface area contributed by atoms with Gasteiger partial charge in [-0.05, 0) is 61.2 Å². The molecule has 0 aliphatic heterocycles. The summed E-state index contributed by atoms with van der Waals surface area (Å²) in [4.78, 5) is 4.36. The van der Waals surface area contributed by atoms with E-state index in [4.69, 9.17) is 10.5 Å². The van der Waals surface area contributed by atoms with Crippen molar-refractivity contribution in [1.82, 2.24) is 0 Å². The lowest BCUT2D eigenvalue weighted by molar-refractivity contribution is 0.414. The lowest BCUT2D eigenvalue weighted by Crippen LogP contribution is -2.23. The fraction of sp³-hybridized carbons (Fsp3) is 0.278. The molecule has 2 aromatic carbocycles. The first-order valence-corrected chi connectivity index (χ1v) is 7.35. The number of hydrogen-bond acceptors (Lipinski definition) is 2. The molecule has 124 valence electrons. The maximum absolute atomic E-state index is 5.93. The normalized spacial score (nSPS) is 10.8. The lowest BCUT2D eigenvalue weighted by Gasteiger charge is -2.08. The second-order valence-electron chi connectivity index (χ2n) is 5.29. The van der Waals surface area contributed by atoms with E-state index in [0.717, 1.165) is 17.9 Å². The number of benzene rings is 2. The summed E-state index contributed by atoms with van der Waals surface area (Å²) in [6, 6.07) is 14.1. The van der Waals surface area contributed by atoms with Crippen molar-refractivity contribution in [2.45, 2.75) is 20.3 Å². The van der Waals surface area contributed by atoms with Crippen molar-refractivity contribution in [2.24, 2.45) is 10.7 Å². The van der Waals surface area contributed by atoms with Crippen molar-refractivity contribution < 1.29 is 4.74 Å². The number of anilines is 1. The van der Waals surface area contributed by atoms with Gasteiger partial charge in [-0.15, -0.1) is 24.0 Å². The van der Waals surface area contributed by atoms with Crippen molar-refractivity contribution in [1.29, 1.82) is 0 Å². The van der Waals surface area contributed by atoms with E-state index in [1.54, 1.807) is 7.11 Å². The van der Waals surface area contributed by atoms with Crippen molar-refractivity contribution in [3.63, 3.8) is 0 Å². The van der Waals surface area contributed by atoms with Crippen molar-refractivity contribution in [2.75, 3.05) is 19.0 Å². The SMILES string of the molecule is COc1cccc(CCN=C(N)Nc2ccc(C)c(C)c2)c1.I. The summed E-state index contributed by atoms with van der Waals surface area (Å²) in [7, 11) is 1.67. The van der Waals surface area contributed by atoms with Crippen molar-refractivity contribution in [3.8, 4) is 5.75 Å². The minimum Gasteiger partial charge on any atom is -0.497 e. The van der Waals surface area contributed by atoms with E-state index in [2.05, 4.69) is 42.4 Å². The third-order valence-corrected chi connectivity index (χ3v) is 3.60. The lowest BCUT2D eigenvalue weighted by atomic mass is 10.1. The van der Waals surface area contributed by atoms with Gasteiger partial charge in [-0.2, -0.15) is 0 Å². The number of hydrogen-bond donors (Lipinski definition) is 2. The van der Waals surface area contributed by atoms with Gasteiger partial charge in [0.25, 0.3) is 0 Å². The predicted molar refractivity (Wildman–Crippen MR) is 108 cm³/mol. The summed E-state index contributed by atoms with van der Waals surface area (Å²) in [5.74, 6) is 1.30. The van der Waals surface area contributed by atoms with Crippen LogP contribution in [0.2, 0.25) is 0 Å². The molecule has 5 heteroatoms. The van der Waals surface area contributed by atoms with Crippen molar-refractivity contribution >= 4 is 35.6 Å². The first-order chi connectivity index (χ1) is 10.6. The molecular weight excluding hydrogens is 401 g/mol. The standard InChI is InChI=1S/C18H23N3O.HI/c1-13-7-8-16(11-14(13)2)21-18(19)20-10-9-15-5-4-6-17(12-15)22-3;/h4-8,11-12H,9-10H2,1-3H3,(H3,19,20,21);1H. The Morgan fingerprint density at radius 1 is 1.13 bits per heavy atom. The summed E-state index contributed by atoms with van der Waals surface area (Å²) < 4.78 is 5.21. The number of nitrogens with zero attached hydrogens (tertiary/aromatic N) is 1. The molecular formula is C18H24IN3O. The molecule has 0 radical (unpaired) electrons.